The van der Waals surface area contributed by atoms with E-state index in [9.17, 15) is 0 Å². The van der Waals surface area contributed by atoms with Crippen molar-refractivity contribution in [1.29, 1.82) is 0 Å². The number of benzene rings is 1. The Bertz CT molecular complexity index is 551. The first-order valence-corrected chi connectivity index (χ1v) is 7.42. The van der Waals surface area contributed by atoms with Crippen LogP contribution in [0.15, 0.2) is 40.8 Å². The summed E-state index contributed by atoms with van der Waals surface area (Å²) in [5.74, 6) is 1.82. The molecule has 2 nitrogen and oxygen atoms in total. The summed E-state index contributed by atoms with van der Waals surface area (Å²) in [4.78, 5) is 0. The topological polar surface area (TPSA) is 39.2 Å². The van der Waals surface area contributed by atoms with Crippen molar-refractivity contribution in [3.05, 3.63) is 59.0 Å². The molecule has 0 aliphatic carbocycles. The van der Waals surface area contributed by atoms with Gasteiger partial charge < -0.3 is 10.2 Å². The third-order valence-corrected chi connectivity index (χ3v) is 4.27. The largest absolute Gasteiger partial charge is 0.464 e. The summed E-state index contributed by atoms with van der Waals surface area (Å²) in [6, 6.07) is 12.4. The Kier molecular flexibility index (Phi) is 4.34. The first-order chi connectivity index (χ1) is 9.47. The predicted molar refractivity (Wildman–Crippen MR) is 83.9 cm³/mol. The van der Waals surface area contributed by atoms with E-state index in [4.69, 9.17) is 10.2 Å². The van der Waals surface area contributed by atoms with E-state index in [-0.39, 0.29) is 11.5 Å². The van der Waals surface area contributed by atoms with E-state index in [1.54, 1.807) is 0 Å². The smallest absolute Gasteiger partial charge is 0.125 e. The van der Waals surface area contributed by atoms with E-state index in [2.05, 4.69) is 52.0 Å². The van der Waals surface area contributed by atoms with Gasteiger partial charge in [0, 0.05) is 6.42 Å². The van der Waals surface area contributed by atoms with Crippen LogP contribution in [0.25, 0.3) is 0 Å². The Morgan fingerprint density at radius 3 is 2.20 bits per heavy atom. The molecule has 2 rings (SSSR count). The molecule has 2 aromatic rings. The maximum atomic E-state index is 6.28. The minimum absolute atomic E-state index is 0.186. The highest BCUT2D eigenvalue weighted by molar-refractivity contribution is 5.32. The lowest BCUT2D eigenvalue weighted by molar-refractivity contribution is 0.453. The second-order valence-corrected chi connectivity index (χ2v) is 5.99. The van der Waals surface area contributed by atoms with Crippen molar-refractivity contribution >= 4 is 0 Å². The zero-order valence-corrected chi connectivity index (χ0v) is 12.9. The van der Waals surface area contributed by atoms with Crippen molar-refractivity contribution in [3.63, 3.8) is 0 Å². The van der Waals surface area contributed by atoms with Crippen molar-refractivity contribution < 1.29 is 4.42 Å². The summed E-state index contributed by atoms with van der Waals surface area (Å²) in [7, 11) is 0. The zero-order chi connectivity index (χ0) is 14.8. The molecule has 1 aromatic carbocycles. The van der Waals surface area contributed by atoms with Crippen molar-refractivity contribution in [2.45, 2.75) is 52.0 Å². The first-order valence-electron chi connectivity index (χ1n) is 7.42. The third-order valence-electron chi connectivity index (χ3n) is 4.27. The highest BCUT2D eigenvalue weighted by Crippen LogP contribution is 2.29. The standard InChI is InChI=1S/C18H25NO/c1-5-15-11-12-16(20-15)17(19)13-7-9-14(10-8-13)18(3,4)6-2/h7-12,17H,5-6,19H2,1-4H3. The van der Waals surface area contributed by atoms with Gasteiger partial charge in [-0.25, -0.2) is 0 Å². The lowest BCUT2D eigenvalue weighted by atomic mass is 9.82. The van der Waals surface area contributed by atoms with Crippen LogP contribution in [-0.2, 0) is 11.8 Å². The number of furan rings is 1. The van der Waals surface area contributed by atoms with Gasteiger partial charge in [0.05, 0.1) is 6.04 Å². The number of nitrogens with two attached hydrogens (primary N) is 1. The molecule has 2 heteroatoms. The molecule has 1 atom stereocenters. The van der Waals surface area contributed by atoms with Crippen LogP contribution in [0.3, 0.4) is 0 Å². The van der Waals surface area contributed by atoms with E-state index in [0.29, 0.717) is 0 Å². The van der Waals surface area contributed by atoms with Gasteiger partial charge in [-0.05, 0) is 35.1 Å². The number of rotatable bonds is 5. The number of aryl methyl sites for hydroxylation is 1. The monoisotopic (exact) mass is 271 g/mol. The van der Waals surface area contributed by atoms with Gasteiger partial charge in [0.2, 0.25) is 0 Å². The second kappa shape index (κ2) is 5.84. The van der Waals surface area contributed by atoms with E-state index in [1.165, 1.54) is 5.56 Å². The van der Waals surface area contributed by atoms with Crippen LogP contribution in [0, 0.1) is 0 Å². The Morgan fingerprint density at radius 1 is 1.05 bits per heavy atom. The fraction of sp³-hybridized carbons (Fsp3) is 0.444. The van der Waals surface area contributed by atoms with Crippen LogP contribution in [0.2, 0.25) is 0 Å². The molecule has 0 saturated heterocycles. The van der Waals surface area contributed by atoms with Crippen molar-refractivity contribution in [3.8, 4) is 0 Å². The molecule has 0 radical (unpaired) electrons. The van der Waals surface area contributed by atoms with Crippen molar-refractivity contribution in [2.75, 3.05) is 0 Å². The average Bonchev–Trinajstić information content (AvgIpc) is 2.95. The molecule has 0 amide bonds. The van der Waals surface area contributed by atoms with Gasteiger partial charge in [-0.1, -0.05) is 52.0 Å². The molecular weight excluding hydrogens is 246 g/mol. The lowest BCUT2D eigenvalue weighted by Gasteiger charge is -2.23. The van der Waals surface area contributed by atoms with E-state index in [1.807, 2.05) is 12.1 Å². The Morgan fingerprint density at radius 2 is 1.70 bits per heavy atom. The maximum Gasteiger partial charge on any atom is 0.125 e. The van der Waals surface area contributed by atoms with E-state index < -0.39 is 0 Å². The van der Waals surface area contributed by atoms with Crippen molar-refractivity contribution in [1.82, 2.24) is 0 Å². The Hall–Kier alpha value is -1.54. The summed E-state index contributed by atoms with van der Waals surface area (Å²) < 4.78 is 5.74. The van der Waals surface area contributed by atoms with E-state index in [0.717, 1.165) is 29.9 Å². The molecular formula is C18H25NO. The maximum absolute atomic E-state index is 6.28. The predicted octanol–water partition coefficient (Wildman–Crippen LogP) is 4.58. The molecule has 1 aromatic heterocycles. The highest BCUT2D eigenvalue weighted by Gasteiger charge is 2.19. The molecule has 1 heterocycles. The van der Waals surface area contributed by atoms with Gasteiger partial charge in [-0.2, -0.15) is 0 Å². The average molecular weight is 271 g/mol. The minimum atomic E-state index is -0.186. The quantitative estimate of drug-likeness (QED) is 0.864. The van der Waals surface area contributed by atoms with Crippen LogP contribution in [0.5, 0.6) is 0 Å². The van der Waals surface area contributed by atoms with Gasteiger partial charge in [-0.15, -0.1) is 0 Å². The van der Waals surface area contributed by atoms with Crippen LogP contribution in [0.1, 0.15) is 62.8 Å². The fourth-order valence-corrected chi connectivity index (χ4v) is 2.26. The first kappa shape index (κ1) is 14.9. The molecule has 0 bridgehead atoms. The Labute approximate surface area is 122 Å². The zero-order valence-electron chi connectivity index (χ0n) is 12.9. The summed E-state index contributed by atoms with van der Waals surface area (Å²) >= 11 is 0. The van der Waals surface area contributed by atoms with E-state index >= 15 is 0 Å². The van der Waals surface area contributed by atoms with Crippen LogP contribution in [-0.4, -0.2) is 0 Å². The molecule has 0 fully saturated rings. The van der Waals surface area contributed by atoms with Crippen LogP contribution >= 0.6 is 0 Å². The summed E-state index contributed by atoms with van der Waals surface area (Å²) in [6.45, 7) is 8.83. The molecule has 0 saturated carbocycles. The van der Waals surface area contributed by atoms with Gasteiger partial charge in [-0.3, -0.25) is 0 Å². The summed E-state index contributed by atoms with van der Waals surface area (Å²) in [6.07, 6.45) is 2.02. The normalized spacial score (nSPS) is 13.4. The fourth-order valence-electron chi connectivity index (χ4n) is 2.26. The molecule has 1 unspecified atom stereocenters. The van der Waals surface area contributed by atoms with Crippen LogP contribution < -0.4 is 5.73 Å². The molecule has 0 aliphatic rings. The Balaban J connectivity index is 2.21. The molecule has 2 N–H and O–H groups in total. The van der Waals surface area contributed by atoms with Crippen LogP contribution in [0.4, 0.5) is 0 Å². The lowest BCUT2D eigenvalue weighted by Crippen LogP contribution is -2.16. The number of hydrogen-bond acceptors (Lipinski definition) is 2. The molecule has 0 aliphatic heterocycles. The summed E-state index contributed by atoms with van der Waals surface area (Å²) in [5.41, 5.74) is 8.94. The second-order valence-electron chi connectivity index (χ2n) is 5.99. The summed E-state index contributed by atoms with van der Waals surface area (Å²) in [5, 5.41) is 0. The highest BCUT2D eigenvalue weighted by atomic mass is 16.3. The number of hydrogen-bond donors (Lipinski definition) is 1. The van der Waals surface area contributed by atoms with Gasteiger partial charge >= 0.3 is 0 Å². The molecule has 0 spiro atoms. The van der Waals surface area contributed by atoms with Gasteiger partial charge in [0.25, 0.3) is 0 Å². The van der Waals surface area contributed by atoms with Crippen molar-refractivity contribution in [2.24, 2.45) is 5.73 Å². The SMILES string of the molecule is CCc1ccc(C(N)c2ccc(C(C)(C)CC)cc2)o1. The van der Waals surface area contributed by atoms with Gasteiger partial charge in [0.15, 0.2) is 0 Å². The third kappa shape index (κ3) is 2.96. The molecule has 108 valence electrons. The molecule has 20 heavy (non-hydrogen) atoms. The minimum Gasteiger partial charge on any atom is -0.464 e. The van der Waals surface area contributed by atoms with Gasteiger partial charge in [0.1, 0.15) is 11.5 Å².